The van der Waals surface area contributed by atoms with Crippen LogP contribution < -0.4 is 0 Å². The van der Waals surface area contributed by atoms with E-state index in [0.29, 0.717) is 0 Å². The van der Waals surface area contributed by atoms with Crippen molar-refractivity contribution in [3.63, 3.8) is 0 Å². The lowest BCUT2D eigenvalue weighted by molar-refractivity contribution is 0.586. The zero-order chi connectivity index (χ0) is 16.0. The molecule has 0 spiro atoms. The van der Waals surface area contributed by atoms with Crippen LogP contribution in [0.25, 0.3) is 0 Å². The smallest absolute Gasteiger partial charge is 0.0735 e. The number of hydrogen-bond acceptors (Lipinski definition) is 2. The maximum absolute atomic E-state index is 4.77. The summed E-state index contributed by atoms with van der Waals surface area (Å²) in [4.78, 5) is 4.77. The minimum atomic E-state index is 1.04. The predicted molar refractivity (Wildman–Crippen MR) is 104 cm³/mol. The van der Waals surface area contributed by atoms with E-state index in [1.54, 1.807) is 0 Å². The lowest BCUT2D eigenvalue weighted by Crippen LogP contribution is -1.92. The second-order valence-electron chi connectivity index (χ2n) is 6.02. The first-order valence-electron chi connectivity index (χ1n) is 9.03. The van der Waals surface area contributed by atoms with Crippen LogP contribution in [0.15, 0.2) is 29.3 Å². The summed E-state index contributed by atoms with van der Waals surface area (Å²) in [6.07, 6.45) is 12.2. The Labute approximate surface area is 142 Å². The Kier molecular flexibility index (Phi) is 11.2. The van der Waals surface area contributed by atoms with E-state index >= 15 is 0 Å². The number of nitrogens with zero attached hydrogens (tertiary/aromatic N) is 1. The summed E-state index contributed by atoms with van der Waals surface area (Å²) in [6.45, 7) is 6.60. The summed E-state index contributed by atoms with van der Waals surface area (Å²) >= 11 is 1.94. The molecule has 0 atom stereocenters. The van der Waals surface area contributed by atoms with Crippen LogP contribution in [0.4, 0.5) is 5.69 Å². The van der Waals surface area contributed by atoms with Crippen molar-refractivity contribution in [3.05, 3.63) is 29.8 Å². The number of aryl methyl sites for hydroxylation is 1. The van der Waals surface area contributed by atoms with Crippen LogP contribution >= 0.6 is 11.8 Å². The highest BCUT2D eigenvalue weighted by molar-refractivity contribution is 8.13. The first-order chi connectivity index (χ1) is 10.8. The number of unbranched alkanes of at least 4 members (excludes halogenated alkanes) is 7. The van der Waals surface area contributed by atoms with Crippen molar-refractivity contribution >= 4 is 22.5 Å². The van der Waals surface area contributed by atoms with Crippen molar-refractivity contribution in [2.45, 2.75) is 78.6 Å². The normalized spacial score (nSPS) is 11.9. The third kappa shape index (κ3) is 9.30. The van der Waals surface area contributed by atoms with Gasteiger partial charge in [-0.2, -0.15) is 0 Å². The Morgan fingerprint density at radius 3 is 2.05 bits per heavy atom. The van der Waals surface area contributed by atoms with E-state index in [-0.39, 0.29) is 0 Å². The molecule has 0 radical (unpaired) electrons. The molecule has 2 heteroatoms. The molecular weight excluding hydrogens is 286 g/mol. The Hall–Kier alpha value is -0.760. The van der Waals surface area contributed by atoms with E-state index in [4.69, 9.17) is 4.99 Å². The number of aliphatic imine (C=N–C) groups is 1. The molecule has 0 saturated carbocycles. The summed E-state index contributed by atoms with van der Waals surface area (Å²) in [5, 5.41) is 1.27. The van der Waals surface area contributed by atoms with E-state index in [1.807, 2.05) is 11.8 Å². The minimum Gasteiger partial charge on any atom is -0.247 e. The molecule has 0 saturated heterocycles. The third-order valence-corrected chi connectivity index (χ3v) is 5.06. The molecule has 124 valence electrons. The largest absolute Gasteiger partial charge is 0.247 e. The number of rotatable bonds is 11. The van der Waals surface area contributed by atoms with Crippen LogP contribution in [-0.2, 0) is 0 Å². The summed E-state index contributed by atoms with van der Waals surface area (Å²) < 4.78 is 0. The van der Waals surface area contributed by atoms with E-state index < -0.39 is 0 Å². The maximum atomic E-state index is 4.77. The Morgan fingerprint density at radius 1 is 0.864 bits per heavy atom. The van der Waals surface area contributed by atoms with Crippen molar-refractivity contribution in [1.29, 1.82) is 0 Å². The van der Waals surface area contributed by atoms with Gasteiger partial charge in [-0.1, -0.05) is 76.5 Å². The number of hydrogen-bond donors (Lipinski definition) is 0. The monoisotopic (exact) mass is 319 g/mol. The predicted octanol–water partition coefficient (Wildman–Crippen LogP) is 7.31. The average molecular weight is 320 g/mol. The second-order valence-corrected chi connectivity index (χ2v) is 7.19. The summed E-state index contributed by atoms with van der Waals surface area (Å²) in [5.41, 5.74) is 2.38. The first kappa shape index (κ1) is 19.3. The van der Waals surface area contributed by atoms with Gasteiger partial charge in [-0.15, -0.1) is 11.8 Å². The van der Waals surface area contributed by atoms with Crippen molar-refractivity contribution in [1.82, 2.24) is 0 Å². The summed E-state index contributed by atoms with van der Waals surface area (Å²) in [5.74, 6) is 1.22. The van der Waals surface area contributed by atoms with Crippen LogP contribution in [0.2, 0.25) is 0 Å². The van der Waals surface area contributed by atoms with Gasteiger partial charge < -0.3 is 0 Å². The molecule has 0 heterocycles. The molecule has 0 aliphatic heterocycles. The van der Waals surface area contributed by atoms with E-state index in [0.717, 1.165) is 12.1 Å². The zero-order valence-electron chi connectivity index (χ0n) is 14.7. The third-order valence-electron chi connectivity index (χ3n) is 3.86. The topological polar surface area (TPSA) is 12.4 Å². The van der Waals surface area contributed by atoms with Gasteiger partial charge in [0.2, 0.25) is 0 Å². The standard InChI is InChI=1S/C20H33NS/c1-4-6-7-8-9-10-11-12-17-22-20(5-2)21-19-15-13-18(3)14-16-19/h13-16H,4-12,17H2,1-3H3. The first-order valence-corrected chi connectivity index (χ1v) is 10.0. The molecule has 1 rings (SSSR count). The summed E-state index contributed by atoms with van der Waals surface area (Å²) in [7, 11) is 0. The molecule has 0 aromatic heterocycles. The molecule has 0 aliphatic carbocycles. The maximum Gasteiger partial charge on any atom is 0.0735 e. The van der Waals surface area contributed by atoms with Crippen molar-refractivity contribution < 1.29 is 0 Å². The van der Waals surface area contributed by atoms with Gasteiger partial charge in [-0.3, -0.25) is 0 Å². The van der Waals surface area contributed by atoms with Gasteiger partial charge in [0.05, 0.1) is 10.7 Å². The van der Waals surface area contributed by atoms with Gasteiger partial charge in [0.25, 0.3) is 0 Å². The molecule has 0 N–H and O–H groups in total. The Balaban J connectivity index is 2.15. The number of benzene rings is 1. The van der Waals surface area contributed by atoms with E-state index in [1.165, 1.54) is 67.7 Å². The molecule has 22 heavy (non-hydrogen) atoms. The fraction of sp³-hybridized carbons (Fsp3) is 0.650. The molecule has 0 amide bonds. The fourth-order valence-corrected chi connectivity index (χ4v) is 3.36. The fourth-order valence-electron chi connectivity index (χ4n) is 2.40. The van der Waals surface area contributed by atoms with Gasteiger partial charge in [0.1, 0.15) is 0 Å². The molecule has 1 aromatic rings. The van der Waals surface area contributed by atoms with Crippen LogP contribution in [0.5, 0.6) is 0 Å². The average Bonchev–Trinajstić information content (AvgIpc) is 2.54. The van der Waals surface area contributed by atoms with E-state index in [2.05, 4.69) is 45.0 Å². The lowest BCUT2D eigenvalue weighted by atomic mass is 10.1. The molecule has 1 nitrogen and oxygen atoms in total. The minimum absolute atomic E-state index is 1.04. The van der Waals surface area contributed by atoms with Gasteiger partial charge in [0, 0.05) is 0 Å². The highest BCUT2D eigenvalue weighted by Gasteiger charge is 1.99. The molecule has 0 bridgehead atoms. The van der Waals surface area contributed by atoms with Crippen molar-refractivity contribution in [2.75, 3.05) is 5.75 Å². The zero-order valence-corrected chi connectivity index (χ0v) is 15.6. The molecular formula is C20H33NS. The summed E-state index contributed by atoms with van der Waals surface area (Å²) in [6, 6.07) is 8.49. The highest BCUT2D eigenvalue weighted by atomic mass is 32.2. The highest BCUT2D eigenvalue weighted by Crippen LogP contribution is 2.19. The quantitative estimate of drug-likeness (QED) is 0.236. The van der Waals surface area contributed by atoms with Gasteiger partial charge in [-0.25, -0.2) is 4.99 Å². The SMILES string of the molecule is CCCCCCCCCCSC(CC)=Nc1ccc(C)cc1. The van der Waals surface area contributed by atoms with Gasteiger partial charge in [-0.05, 0) is 37.7 Å². The van der Waals surface area contributed by atoms with Crippen molar-refractivity contribution in [2.24, 2.45) is 4.99 Å². The van der Waals surface area contributed by atoms with E-state index in [9.17, 15) is 0 Å². The van der Waals surface area contributed by atoms with Crippen LogP contribution in [0, 0.1) is 6.92 Å². The van der Waals surface area contributed by atoms with Crippen LogP contribution in [0.1, 0.15) is 77.2 Å². The van der Waals surface area contributed by atoms with Crippen molar-refractivity contribution in [3.8, 4) is 0 Å². The molecule has 0 unspecified atom stereocenters. The number of thioether (sulfide) groups is 1. The Morgan fingerprint density at radius 2 is 1.45 bits per heavy atom. The second kappa shape index (κ2) is 12.8. The Bertz CT molecular complexity index is 408. The van der Waals surface area contributed by atoms with Gasteiger partial charge >= 0.3 is 0 Å². The molecule has 0 fully saturated rings. The van der Waals surface area contributed by atoms with Crippen LogP contribution in [-0.4, -0.2) is 10.8 Å². The molecule has 1 aromatic carbocycles. The lowest BCUT2D eigenvalue weighted by Gasteiger charge is -2.05. The van der Waals surface area contributed by atoms with Gasteiger partial charge in [0.15, 0.2) is 0 Å². The molecule has 0 aliphatic rings. The van der Waals surface area contributed by atoms with Crippen LogP contribution in [0.3, 0.4) is 0 Å².